The fraction of sp³-hybridized carbons (Fsp3) is 0.667. The van der Waals surface area contributed by atoms with Crippen LogP contribution in [-0.4, -0.2) is 13.2 Å². The SMILES string of the molecule is CCCOc1ccc(OCC(C)CCC(C)CC)c(F)c1F. The molecule has 0 aliphatic carbocycles. The molecule has 2 nitrogen and oxygen atoms in total. The summed E-state index contributed by atoms with van der Waals surface area (Å²) in [6.45, 7) is 9.12. The Hall–Kier alpha value is -1.32. The van der Waals surface area contributed by atoms with Crippen molar-refractivity contribution in [3.63, 3.8) is 0 Å². The zero-order chi connectivity index (χ0) is 16.5. The Morgan fingerprint density at radius 2 is 1.45 bits per heavy atom. The van der Waals surface area contributed by atoms with Crippen molar-refractivity contribution in [3.8, 4) is 11.5 Å². The van der Waals surface area contributed by atoms with E-state index in [0.29, 0.717) is 25.0 Å². The average molecular weight is 314 g/mol. The third-order valence-corrected chi connectivity index (χ3v) is 3.85. The highest BCUT2D eigenvalue weighted by atomic mass is 19.2. The molecule has 0 heterocycles. The zero-order valence-electron chi connectivity index (χ0n) is 14.1. The van der Waals surface area contributed by atoms with Crippen molar-refractivity contribution >= 4 is 0 Å². The summed E-state index contributed by atoms with van der Waals surface area (Å²) in [5, 5.41) is 0. The van der Waals surface area contributed by atoms with Gasteiger partial charge in [-0.2, -0.15) is 8.78 Å². The number of benzene rings is 1. The van der Waals surface area contributed by atoms with Crippen molar-refractivity contribution in [2.75, 3.05) is 13.2 Å². The minimum Gasteiger partial charge on any atom is -0.490 e. The third kappa shape index (κ3) is 5.82. The number of halogens is 2. The monoisotopic (exact) mass is 314 g/mol. The van der Waals surface area contributed by atoms with Gasteiger partial charge in [-0.05, 0) is 36.8 Å². The van der Waals surface area contributed by atoms with Gasteiger partial charge in [-0.3, -0.25) is 0 Å². The third-order valence-electron chi connectivity index (χ3n) is 3.85. The van der Waals surface area contributed by atoms with Crippen LogP contribution in [0.1, 0.15) is 53.4 Å². The molecule has 126 valence electrons. The van der Waals surface area contributed by atoms with Crippen LogP contribution in [0.25, 0.3) is 0 Å². The summed E-state index contributed by atoms with van der Waals surface area (Å²) in [6.07, 6.45) is 4.05. The Kier molecular flexibility index (Phi) is 8.21. The van der Waals surface area contributed by atoms with E-state index in [0.717, 1.165) is 25.7 Å². The maximum Gasteiger partial charge on any atom is 0.204 e. The normalized spacial score (nSPS) is 13.7. The highest BCUT2D eigenvalue weighted by molar-refractivity contribution is 5.35. The minimum atomic E-state index is -0.974. The van der Waals surface area contributed by atoms with E-state index in [1.54, 1.807) is 0 Å². The second-order valence-electron chi connectivity index (χ2n) is 6.05. The number of hydrogen-bond acceptors (Lipinski definition) is 2. The van der Waals surface area contributed by atoms with E-state index in [4.69, 9.17) is 9.47 Å². The van der Waals surface area contributed by atoms with Crippen LogP contribution in [-0.2, 0) is 0 Å². The van der Waals surface area contributed by atoms with Crippen LogP contribution in [0.4, 0.5) is 8.78 Å². The molecule has 0 bridgehead atoms. The summed E-state index contributed by atoms with van der Waals surface area (Å²) in [6, 6.07) is 2.86. The maximum absolute atomic E-state index is 13.9. The second-order valence-corrected chi connectivity index (χ2v) is 6.05. The van der Waals surface area contributed by atoms with Crippen molar-refractivity contribution in [2.45, 2.75) is 53.4 Å². The molecule has 22 heavy (non-hydrogen) atoms. The lowest BCUT2D eigenvalue weighted by Gasteiger charge is -2.16. The van der Waals surface area contributed by atoms with Crippen LogP contribution in [0.5, 0.6) is 11.5 Å². The quantitative estimate of drug-likeness (QED) is 0.560. The van der Waals surface area contributed by atoms with Crippen molar-refractivity contribution in [1.29, 1.82) is 0 Å². The number of rotatable bonds is 10. The largest absolute Gasteiger partial charge is 0.490 e. The lowest BCUT2D eigenvalue weighted by Crippen LogP contribution is -2.11. The fourth-order valence-corrected chi connectivity index (χ4v) is 2.04. The molecule has 0 aromatic heterocycles. The molecule has 0 amide bonds. The van der Waals surface area contributed by atoms with E-state index in [-0.39, 0.29) is 11.5 Å². The summed E-state index contributed by atoms with van der Waals surface area (Å²) < 4.78 is 38.3. The smallest absolute Gasteiger partial charge is 0.204 e. The van der Waals surface area contributed by atoms with Crippen molar-refractivity contribution in [2.24, 2.45) is 11.8 Å². The highest BCUT2D eigenvalue weighted by Crippen LogP contribution is 2.28. The van der Waals surface area contributed by atoms with Gasteiger partial charge in [0.1, 0.15) is 0 Å². The van der Waals surface area contributed by atoms with Gasteiger partial charge < -0.3 is 9.47 Å². The molecule has 0 saturated heterocycles. The summed E-state index contributed by atoms with van der Waals surface area (Å²) in [4.78, 5) is 0. The maximum atomic E-state index is 13.9. The van der Waals surface area contributed by atoms with Gasteiger partial charge in [0, 0.05) is 0 Å². The Balaban J connectivity index is 2.54. The predicted molar refractivity (Wildman–Crippen MR) is 85.5 cm³/mol. The summed E-state index contributed by atoms with van der Waals surface area (Å²) in [7, 11) is 0. The fourth-order valence-electron chi connectivity index (χ4n) is 2.04. The Bertz CT molecular complexity index is 449. The van der Waals surface area contributed by atoms with Crippen LogP contribution in [0.2, 0.25) is 0 Å². The summed E-state index contributed by atoms with van der Waals surface area (Å²) in [5.41, 5.74) is 0. The first-order valence-electron chi connectivity index (χ1n) is 8.23. The molecule has 1 aromatic carbocycles. The van der Waals surface area contributed by atoms with Gasteiger partial charge in [0.2, 0.25) is 11.6 Å². The minimum absolute atomic E-state index is 0.0447. The van der Waals surface area contributed by atoms with Crippen LogP contribution >= 0.6 is 0 Å². The van der Waals surface area contributed by atoms with Gasteiger partial charge in [0.05, 0.1) is 13.2 Å². The lowest BCUT2D eigenvalue weighted by atomic mass is 9.97. The number of hydrogen-bond donors (Lipinski definition) is 0. The molecule has 0 fully saturated rings. The molecule has 2 atom stereocenters. The lowest BCUT2D eigenvalue weighted by molar-refractivity contribution is 0.228. The van der Waals surface area contributed by atoms with Crippen molar-refractivity contribution < 1.29 is 18.3 Å². The Morgan fingerprint density at radius 3 is 2.00 bits per heavy atom. The molecule has 0 radical (unpaired) electrons. The van der Waals surface area contributed by atoms with Crippen molar-refractivity contribution in [3.05, 3.63) is 23.8 Å². The Morgan fingerprint density at radius 1 is 0.909 bits per heavy atom. The molecular weight excluding hydrogens is 286 g/mol. The van der Waals surface area contributed by atoms with Crippen LogP contribution < -0.4 is 9.47 Å². The Labute approximate surface area is 132 Å². The second kappa shape index (κ2) is 9.65. The van der Waals surface area contributed by atoms with Crippen molar-refractivity contribution in [1.82, 2.24) is 0 Å². The average Bonchev–Trinajstić information content (AvgIpc) is 2.52. The van der Waals surface area contributed by atoms with Crippen LogP contribution in [0, 0.1) is 23.5 Å². The van der Waals surface area contributed by atoms with Gasteiger partial charge in [-0.25, -0.2) is 0 Å². The molecule has 1 rings (SSSR count). The van der Waals surface area contributed by atoms with E-state index >= 15 is 0 Å². The molecule has 4 heteroatoms. The molecular formula is C18H28F2O2. The molecule has 0 spiro atoms. The molecule has 1 aromatic rings. The highest BCUT2D eigenvalue weighted by Gasteiger charge is 2.16. The van der Waals surface area contributed by atoms with Crippen LogP contribution in [0.3, 0.4) is 0 Å². The van der Waals surface area contributed by atoms with E-state index in [2.05, 4.69) is 20.8 Å². The van der Waals surface area contributed by atoms with Gasteiger partial charge in [-0.1, -0.05) is 40.5 Å². The number of ether oxygens (including phenoxy) is 2. The molecule has 0 aliphatic heterocycles. The first-order chi connectivity index (χ1) is 10.5. The first kappa shape index (κ1) is 18.7. The zero-order valence-corrected chi connectivity index (χ0v) is 14.1. The van der Waals surface area contributed by atoms with E-state index in [1.807, 2.05) is 6.92 Å². The molecule has 0 aliphatic rings. The van der Waals surface area contributed by atoms with E-state index < -0.39 is 11.6 Å². The topological polar surface area (TPSA) is 18.5 Å². The predicted octanol–water partition coefficient (Wildman–Crippen LogP) is 5.59. The van der Waals surface area contributed by atoms with Crippen LogP contribution in [0.15, 0.2) is 12.1 Å². The van der Waals surface area contributed by atoms with Gasteiger partial charge >= 0.3 is 0 Å². The molecule has 0 saturated carbocycles. The molecule has 0 N–H and O–H groups in total. The van der Waals surface area contributed by atoms with Gasteiger partial charge in [0.25, 0.3) is 0 Å². The first-order valence-corrected chi connectivity index (χ1v) is 8.23. The van der Waals surface area contributed by atoms with Gasteiger partial charge in [0.15, 0.2) is 11.5 Å². The standard InChI is InChI=1S/C18H28F2O2/c1-5-11-21-15-9-10-16(18(20)17(15)19)22-12-14(4)8-7-13(3)6-2/h9-10,13-14H,5-8,11-12H2,1-4H3. The summed E-state index contributed by atoms with van der Waals surface area (Å²) >= 11 is 0. The molecule has 2 unspecified atom stereocenters. The van der Waals surface area contributed by atoms with E-state index in [1.165, 1.54) is 12.1 Å². The van der Waals surface area contributed by atoms with Gasteiger partial charge in [-0.15, -0.1) is 0 Å². The summed E-state index contributed by atoms with van der Waals surface area (Å²) in [5.74, 6) is -1.05. The van der Waals surface area contributed by atoms with E-state index in [9.17, 15) is 8.78 Å².